The summed E-state index contributed by atoms with van der Waals surface area (Å²) in [5, 5.41) is 0. The molecule has 17 heavy (non-hydrogen) atoms. The number of benzene rings is 1. The molecule has 4 nitrogen and oxygen atoms in total. The van der Waals surface area contributed by atoms with Crippen molar-refractivity contribution < 1.29 is 19.3 Å². The van der Waals surface area contributed by atoms with Gasteiger partial charge in [0, 0.05) is 13.5 Å². The molecule has 0 fully saturated rings. The molecule has 93 valence electrons. The molecular weight excluding hydrogens is 220 g/mol. The van der Waals surface area contributed by atoms with Crippen LogP contribution in [-0.2, 0) is 14.5 Å². The molecule has 0 saturated heterocycles. The summed E-state index contributed by atoms with van der Waals surface area (Å²) in [6.45, 7) is 5.14. The van der Waals surface area contributed by atoms with Gasteiger partial charge in [0.1, 0.15) is 6.61 Å². The number of methoxy groups -OCH3 is 1. The van der Waals surface area contributed by atoms with Gasteiger partial charge in [-0.1, -0.05) is 18.2 Å². The third-order valence-corrected chi connectivity index (χ3v) is 2.39. The molecule has 1 rings (SSSR count). The normalized spacial score (nSPS) is 12.2. The number of carbonyl (C=O) groups is 1. The van der Waals surface area contributed by atoms with Crippen LogP contribution < -0.4 is 0 Å². The van der Waals surface area contributed by atoms with Gasteiger partial charge in [-0.15, -0.1) is 0 Å². The van der Waals surface area contributed by atoms with Crippen molar-refractivity contribution in [1.82, 2.24) is 0 Å². The number of hydrogen-bond donors (Lipinski definition) is 0. The Kier molecular flexibility index (Phi) is 5.66. The molecule has 1 aromatic rings. The lowest BCUT2D eigenvalue weighted by molar-refractivity contribution is -0.215. The van der Waals surface area contributed by atoms with Crippen LogP contribution in [0.4, 0.5) is 0 Å². The quantitative estimate of drug-likeness (QED) is 0.433. The van der Waals surface area contributed by atoms with Crippen LogP contribution in [0, 0.1) is 13.5 Å². The summed E-state index contributed by atoms with van der Waals surface area (Å²) in [6.07, 6.45) is 0.588. The first-order valence-electron chi connectivity index (χ1n) is 5.43. The zero-order valence-electron chi connectivity index (χ0n) is 10.3. The van der Waals surface area contributed by atoms with Gasteiger partial charge in [-0.3, -0.25) is 4.89 Å². The topological polar surface area (TPSA) is 44.8 Å². The van der Waals surface area contributed by atoms with Gasteiger partial charge in [0.05, 0.1) is 11.7 Å². The summed E-state index contributed by atoms with van der Waals surface area (Å²) in [4.78, 5) is 21.0. The van der Waals surface area contributed by atoms with Gasteiger partial charge in [0.25, 0.3) is 0 Å². The van der Waals surface area contributed by atoms with Crippen LogP contribution in [0.25, 0.3) is 0 Å². The third-order valence-electron chi connectivity index (χ3n) is 2.39. The molecule has 4 heteroatoms. The Morgan fingerprint density at radius 2 is 2.12 bits per heavy atom. The molecule has 0 N–H and O–H groups in total. The lowest BCUT2D eigenvalue weighted by Gasteiger charge is -2.08. The Morgan fingerprint density at radius 1 is 1.41 bits per heavy atom. The van der Waals surface area contributed by atoms with Gasteiger partial charge in [0.2, 0.25) is 0 Å². The summed E-state index contributed by atoms with van der Waals surface area (Å²) in [5.41, 5.74) is 1.35. The molecule has 1 atom stereocenters. The Balaban J connectivity index is 2.33. The van der Waals surface area contributed by atoms with E-state index >= 15 is 0 Å². The van der Waals surface area contributed by atoms with Gasteiger partial charge in [-0.25, -0.2) is 4.79 Å². The molecule has 0 bridgehead atoms. The van der Waals surface area contributed by atoms with Crippen LogP contribution in [0.5, 0.6) is 0 Å². The number of aryl methyl sites for hydroxylation is 1. The number of rotatable bonds is 6. The lowest BCUT2D eigenvalue weighted by Crippen LogP contribution is -2.09. The second-order valence-corrected chi connectivity index (χ2v) is 3.73. The zero-order chi connectivity index (χ0) is 12.7. The van der Waals surface area contributed by atoms with Gasteiger partial charge in [-0.2, -0.15) is 4.89 Å². The fraction of sp³-hybridized carbons (Fsp3) is 0.385. The average molecular weight is 237 g/mol. The zero-order valence-corrected chi connectivity index (χ0v) is 10.3. The van der Waals surface area contributed by atoms with Gasteiger partial charge in [0.15, 0.2) is 0 Å². The average Bonchev–Trinajstić information content (AvgIpc) is 2.34. The monoisotopic (exact) mass is 237 g/mol. The van der Waals surface area contributed by atoms with E-state index in [1.165, 1.54) is 6.61 Å². The van der Waals surface area contributed by atoms with Crippen molar-refractivity contribution in [3.8, 4) is 0 Å². The maximum absolute atomic E-state index is 11.6. The van der Waals surface area contributed by atoms with Crippen LogP contribution in [0.1, 0.15) is 29.3 Å². The molecule has 1 aromatic carbocycles. The Morgan fingerprint density at radius 3 is 2.76 bits per heavy atom. The fourth-order valence-electron chi connectivity index (χ4n) is 1.20. The smallest absolute Gasteiger partial charge is 0.373 e. The van der Waals surface area contributed by atoms with Crippen LogP contribution in [0.3, 0.4) is 0 Å². The standard InChI is InChI=1S/C13H17O4/c1-10-6-4-5-7-12(10)13(14)17-16-9-8-11(2)15-3/h4-7,9,11H,8H2,1-3H3. The summed E-state index contributed by atoms with van der Waals surface area (Å²) >= 11 is 0. The van der Waals surface area contributed by atoms with Crippen LogP contribution >= 0.6 is 0 Å². The largest absolute Gasteiger partial charge is 0.382 e. The number of ether oxygens (including phenoxy) is 1. The highest BCUT2D eigenvalue weighted by Crippen LogP contribution is 2.09. The number of carbonyl (C=O) groups excluding carboxylic acids is 1. The molecule has 0 saturated carbocycles. The minimum absolute atomic E-state index is 0.0344. The van der Waals surface area contributed by atoms with Crippen LogP contribution in [0.2, 0.25) is 0 Å². The highest BCUT2D eigenvalue weighted by atomic mass is 17.2. The van der Waals surface area contributed by atoms with E-state index in [1.54, 1.807) is 19.2 Å². The Labute approximate surface area is 101 Å². The molecule has 0 aliphatic carbocycles. The highest BCUT2D eigenvalue weighted by molar-refractivity contribution is 5.90. The van der Waals surface area contributed by atoms with Crippen molar-refractivity contribution in [2.45, 2.75) is 26.4 Å². The molecule has 0 spiro atoms. The molecule has 0 aromatic heterocycles. The van der Waals surface area contributed by atoms with E-state index in [2.05, 4.69) is 4.89 Å². The maximum atomic E-state index is 11.6. The fourth-order valence-corrected chi connectivity index (χ4v) is 1.20. The molecule has 1 radical (unpaired) electrons. The third kappa shape index (κ3) is 4.54. The molecule has 0 amide bonds. The van der Waals surface area contributed by atoms with E-state index in [0.717, 1.165) is 5.56 Å². The predicted molar refractivity (Wildman–Crippen MR) is 63.1 cm³/mol. The SMILES string of the molecule is COC(C)C[CH]OOC(=O)c1ccccc1C. The minimum atomic E-state index is -0.496. The summed E-state index contributed by atoms with van der Waals surface area (Å²) in [6, 6.07) is 7.17. The van der Waals surface area contributed by atoms with Crippen molar-refractivity contribution in [2.75, 3.05) is 7.11 Å². The maximum Gasteiger partial charge on any atom is 0.373 e. The van der Waals surface area contributed by atoms with Crippen molar-refractivity contribution >= 4 is 5.97 Å². The van der Waals surface area contributed by atoms with E-state index in [1.807, 2.05) is 26.0 Å². The first kappa shape index (κ1) is 13.7. The van der Waals surface area contributed by atoms with E-state index in [4.69, 9.17) is 9.62 Å². The second kappa shape index (κ2) is 7.04. The molecule has 0 heterocycles. The molecular formula is C13H17O4. The summed E-state index contributed by atoms with van der Waals surface area (Å²) in [5.74, 6) is -0.496. The molecule has 0 aliphatic rings. The van der Waals surface area contributed by atoms with E-state index < -0.39 is 5.97 Å². The predicted octanol–water partition coefficient (Wildman–Crippen LogP) is 2.67. The summed E-state index contributed by atoms with van der Waals surface area (Å²) < 4.78 is 5.01. The van der Waals surface area contributed by atoms with Gasteiger partial charge < -0.3 is 4.74 Å². The van der Waals surface area contributed by atoms with Crippen molar-refractivity contribution in [1.29, 1.82) is 0 Å². The van der Waals surface area contributed by atoms with Gasteiger partial charge >= 0.3 is 5.97 Å². The second-order valence-electron chi connectivity index (χ2n) is 3.73. The highest BCUT2D eigenvalue weighted by Gasteiger charge is 2.11. The van der Waals surface area contributed by atoms with Crippen molar-refractivity contribution in [2.24, 2.45) is 0 Å². The van der Waals surface area contributed by atoms with Crippen molar-refractivity contribution in [3.63, 3.8) is 0 Å². The summed E-state index contributed by atoms with van der Waals surface area (Å²) in [7, 11) is 1.61. The van der Waals surface area contributed by atoms with Gasteiger partial charge in [-0.05, 0) is 25.5 Å². The van der Waals surface area contributed by atoms with Crippen LogP contribution in [-0.4, -0.2) is 19.2 Å². The van der Waals surface area contributed by atoms with E-state index in [-0.39, 0.29) is 6.10 Å². The molecule has 1 unspecified atom stereocenters. The first-order valence-corrected chi connectivity index (χ1v) is 5.43. The van der Waals surface area contributed by atoms with E-state index in [9.17, 15) is 4.79 Å². The lowest BCUT2D eigenvalue weighted by atomic mass is 10.1. The first-order chi connectivity index (χ1) is 8.15. The minimum Gasteiger partial charge on any atom is -0.382 e. The Bertz CT molecular complexity index is 362. The Hall–Kier alpha value is -1.39. The molecule has 0 aliphatic heterocycles. The number of hydrogen-bond acceptors (Lipinski definition) is 4. The van der Waals surface area contributed by atoms with E-state index in [0.29, 0.717) is 12.0 Å². The van der Waals surface area contributed by atoms with Crippen molar-refractivity contribution in [3.05, 3.63) is 42.0 Å². The van der Waals surface area contributed by atoms with Crippen LogP contribution in [0.15, 0.2) is 24.3 Å².